The summed E-state index contributed by atoms with van der Waals surface area (Å²) < 4.78 is 0. The van der Waals surface area contributed by atoms with Gasteiger partial charge in [0.25, 0.3) is 0 Å². The van der Waals surface area contributed by atoms with Gasteiger partial charge in [-0.05, 0) is 7.05 Å². The highest BCUT2D eigenvalue weighted by Crippen LogP contribution is 2.04. The quantitative estimate of drug-likeness (QED) is 0.313. The summed E-state index contributed by atoms with van der Waals surface area (Å²) in [4.78, 5) is 0. The van der Waals surface area contributed by atoms with Gasteiger partial charge >= 0.3 is 0 Å². The number of likely N-dealkylation sites (N-methyl/N-ethyl adjacent to an activating group) is 1. The Balaban J connectivity index is 0. The van der Waals surface area contributed by atoms with Crippen LogP contribution in [0.3, 0.4) is 0 Å². The van der Waals surface area contributed by atoms with Crippen molar-refractivity contribution in [1.82, 2.24) is 5.32 Å². The first kappa shape index (κ1) is 16.7. The first-order valence-electron chi connectivity index (χ1n) is 4.02. The fourth-order valence-electron chi connectivity index (χ4n) is 0.893. The van der Waals surface area contributed by atoms with Crippen molar-refractivity contribution in [3.05, 3.63) is 0 Å². The van der Waals surface area contributed by atoms with E-state index >= 15 is 0 Å². The van der Waals surface area contributed by atoms with Crippen LogP contribution in [0.25, 0.3) is 0 Å². The lowest BCUT2D eigenvalue weighted by atomic mass is 10.0. The lowest BCUT2D eigenvalue weighted by Gasteiger charge is -2.25. The molecule has 0 amide bonds. The van der Waals surface area contributed by atoms with Crippen molar-refractivity contribution in [2.24, 2.45) is 0 Å². The van der Waals surface area contributed by atoms with Gasteiger partial charge in [0, 0.05) is 6.54 Å². The minimum absolute atomic E-state index is 0. The Labute approximate surface area is 93.0 Å². The maximum atomic E-state index is 9.21. The Morgan fingerprint density at radius 1 is 1.00 bits per heavy atom. The maximum absolute atomic E-state index is 9.21. The van der Waals surface area contributed by atoms with E-state index in [4.69, 9.17) is 20.4 Å². The molecule has 14 heavy (non-hydrogen) atoms. The molecule has 0 saturated carbocycles. The van der Waals surface area contributed by atoms with Gasteiger partial charge in [0.2, 0.25) is 0 Å². The summed E-state index contributed by atoms with van der Waals surface area (Å²) in [5, 5.41) is 47.5. The van der Waals surface area contributed by atoms with Crippen molar-refractivity contribution in [2.45, 2.75) is 24.4 Å². The standard InChI is InChI=1S/C7H17NO5.BrH/c1-8-2-4(10)6(12)7(13)5(11)3-9;/h4-13H,2-3H2,1H3;1H/t4-,5+,6+,7+;/m0./s1. The molecule has 0 aliphatic rings. The second-order valence-electron chi connectivity index (χ2n) is 2.86. The van der Waals surface area contributed by atoms with Crippen molar-refractivity contribution in [3.8, 4) is 0 Å². The molecule has 0 aliphatic heterocycles. The molecule has 0 heterocycles. The first-order valence-corrected chi connectivity index (χ1v) is 4.02. The van der Waals surface area contributed by atoms with Crippen molar-refractivity contribution in [2.75, 3.05) is 20.2 Å². The Hall–Kier alpha value is 0.240. The molecule has 0 spiro atoms. The van der Waals surface area contributed by atoms with E-state index in [9.17, 15) is 5.11 Å². The number of nitrogens with one attached hydrogen (secondary N) is 1. The van der Waals surface area contributed by atoms with Crippen LogP contribution in [-0.2, 0) is 0 Å². The molecule has 0 saturated heterocycles. The lowest BCUT2D eigenvalue weighted by Crippen LogP contribution is -2.48. The zero-order valence-electron chi connectivity index (χ0n) is 7.87. The SMILES string of the molecule is Br.CNC[C@H](O)[C@@H](O)[C@H](O)[C@H](O)CO. The van der Waals surface area contributed by atoms with Gasteiger partial charge in [-0.2, -0.15) is 0 Å². The van der Waals surface area contributed by atoms with E-state index in [-0.39, 0.29) is 23.5 Å². The molecule has 4 atom stereocenters. The zero-order valence-corrected chi connectivity index (χ0v) is 9.58. The van der Waals surface area contributed by atoms with Crippen molar-refractivity contribution < 1.29 is 25.5 Å². The van der Waals surface area contributed by atoms with Crippen molar-refractivity contribution >= 4 is 17.0 Å². The summed E-state index contributed by atoms with van der Waals surface area (Å²) in [7, 11) is 1.57. The van der Waals surface area contributed by atoms with Crippen LogP contribution in [0.2, 0.25) is 0 Å². The van der Waals surface area contributed by atoms with E-state index in [1.807, 2.05) is 0 Å². The van der Waals surface area contributed by atoms with E-state index in [1.54, 1.807) is 7.05 Å². The van der Waals surface area contributed by atoms with Gasteiger partial charge in [-0.3, -0.25) is 0 Å². The van der Waals surface area contributed by atoms with E-state index in [1.165, 1.54) is 0 Å². The Morgan fingerprint density at radius 2 is 1.43 bits per heavy atom. The molecular formula is C7H18BrNO5. The summed E-state index contributed by atoms with van der Waals surface area (Å²) in [6, 6.07) is 0. The summed E-state index contributed by atoms with van der Waals surface area (Å²) in [5.74, 6) is 0. The third-order valence-corrected chi connectivity index (χ3v) is 1.74. The number of hydrogen-bond donors (Lipinski definition) is 6. The Morgan fingerprint density at radius 3 is 1.79 bits per heavy atom. The molecule has 0 unspecified atom stereocenters. The van der Waals surface area contributed by atoms with Crippen molar-refractivity contribution in [1.29, 1.82) is 0 Å². The van der Waals surface area contributed by atoms with Crippen LogP contribution < -0.4 is 5.32 Å². The van der Waals surface area contributed by atoms with Gasteiger partial charge in [0.1, 0.15) is 18.3 Å². The first-order chi connectivity index (χ1) is 6.04. The third-order valence-electron chi connectivity index (χ3n) is 1.74. The van der Waals surface area contributed by atoms with Gasteiger partial charge in [-0.1, -0.05) is 0 Å². The number of hydrogen-bond acceptors (Lipinski definition) is 6. The van der Waals surface area contributed by atoms with Gasteiger partial charge in [0.15, 0.2) is 0 Å². The Kier molecular flexibility index (Phi) is 10.2. The minimum atomic E-state index is -1.55. The molecule has 0 radical (unpaired) electrons. The van der Waals surface area contributed by atoms with Crippen LogP contribution in [0.4, 0.5) is 0 Å². The number of halogens is 1. The van der Waals surface area contributed by atoms with Crippen LogP contribution in [0.15, 0.2) is 0 Å². The second-order valence-corrected chi connectivity index (χ2v) is 2.86. The van der Waals surface area contributed by atoms with Crippen LogP contribution >= 0.6 is 17.0 Å². The van der Waals surface area contributed by atoms with Gasteiger partial charge in [-0.25, -0.2) is 0 Å². The molecular weight excluding hydrogens is 258 g/mol. The van der Waals surface area contributed by atoms with E-state index in [2.05, 4.69) is 5.32 Å². The third kappa shape index (κ3) is 5.20. The van der Waals surface area contributed by atoms with Crippen LogP contribution in [-0.4, -0.2) is 70.1 Å². The van der Waals surface area contributed by atoms with E-state index in [0.717, 1.165) is 0 Å². The van der Waals surface area contributed by atoms with Crippen molar-refractivity contribution in [3.63, 3.8) is 0 Å². The fourth-order valence-corrected chi connectivity index (χ4v) is 0.893. The predicted octanol–water partition coefficient (Wildman–Crippen LogP) is -2.78. The van der Waals surface area contributed by atoms with Gasteiger partial charge < -0.3 is 30.8 Å². The fraction of sp³-hybridized carbons (Fsp3) is 1.00. The molecule has 88 valence electrons. The number of aliphatic hydroxyl groups is 5. The molecule has 0 aromatic rings. The van der Waals surface area contributed by atoms with Gasteiger partial charge in [-0.15, -0.1) is 17.0 Å². The molecule has 0 aromatic heterocycles. The molecule has 0 aliphatic carbocycles. The molecule has 6 nitrogen and oxygen atoms in total. The van der Waals surface area contributed by atoms with Crippen LogP contribution in [0, 0.1) is 0 Å². The summed E-state index contributed by atoms with van der Waals surface area (Å²) in [6.07, 6.45) is -5.65. The highest BCUT2D eigenvalue weighted by atomic mass is 79.9. The zero-order chi connectivity index (χ0) is 10.4. The Bertz CT molecular complexity index is 139. The van der Waals surface area contributed by atoms with E-state index in [0.29, 0.717) is 0 Å². The topological polar surface area (TPSA) is 113 Å². The molecule has 7 heteroatoms. The second kappa shape index (κ2) is 8.54. The monoisotopic (exact) mass is 275 g/mol. The minimum Gasteiger partial charge on any atom is -0.394 e. The summed E-state index contributed by atoms with van der Waals surface area (Å²) in [5.41, 5.74) is 0. The number of rotatable bonds is 6. The van der Waals surface area contributed by atoms with Crippen LogP contribution in [0.5, 0.6) is 0 Å². The molecule has 0 bridgehead atoms. The largest absolute Gasteiger partial charge is 0.394 e. The average Bonchev–Trinajstić information content (AvgIpc) is 2.14. The molecule has 0 rings (SSSR count). The summed E-state index contributed by atoms with van der Waals surface area (Å²) in [6.45, 7) is -0.569. The maximum Gasteiger partial charge on any atom is 0.111 e. The van der Waals surface area contributed by atoms with Gasteiger partial charge in [0.05, 0.1) is 12.7 Å². The lowest BCUT2D eigenvalue weighted by molar-refractivity contribution is -0.113. The normalized spacial score (nSPS) is 19.3. The molecule has 6 N–H and O–H groups in total. The number of aliphatic hydroxyl groups excluding tert-OH is 5. The smallest absolute Gasteiger partial charge is 0.111 e. The summed E-state index contributed by atoms with van der Waals surface area (Å²) >= 11 is 0. The average molecular weight is 276 g/mol. The predicted molar refractivity (Wildman–Crippen MR) is 55.4 cm³/mol. The highest BCUT2D eigenvalue weighted by Gasteiger charge is 2.29. The van der Waals surface area contributed by atoms with E-state index < -0.39 is 31.0 Å². The van der Waals surface area contributed by atoms with Crippen LogP contribution in [0.1, 0.15) is 0 Å². The highest BCUT2D eigenvalue weighted by molar-refractivity contribution is 8.93. The molecule has 0 fully saturated rings. The molecule has 0 aromatic carbocycles.